The fraction of sp³-hybridized carbons (Fsp3) is 0.0667. The fourth-order valence-electron chi connectivity index (χ4n) is 1.56. The number of aromatic nitrogens is 4. The predicted molar refractivity (Wildman–Crippen MR) is 77.0 cm³/mol. The third kappa shape index (κ3) is 6.09. The summed E-state index contributed by atoms with van der Waals surface area (Å²) in [6, 6.07) is 10.5. The van der Waals surface area contributed by atoms with E-state index in [1.54, 1.807) is 30.3 Å². The number of halogens is 3. The van der Waals surface area contributed by atoms with Crippen molar-refractivity contribution in [3.8, 4) is 11.4 Å². The van der Waals surface area contributed by atoms with E-state index in [2.05, 4.69) is 20.2 Å². The average molecular weight is 527 g/mol. The molecule has 0 amide bonds. The van der Waals surface area contributed by atoms with Crippen molar-refractivity contribution >= 4 is 5.97 Å². The minimum absolute atomic E-state index is 0. The molecule has 10 heteroatoms. The van der Waals surface area contributed by atoms with Gasteiger partial charge in [-0.15, -0.1) is 0 Å². The molecule has 3 aromatic heterocycles. The van der Waals surface area contributed by atoms with Crippen LogP contribution >= 0.6 is 0 Å². The summed E-state index contributed by atoms with van der Waals surface area (Å²) >= 11 is 0. The maximum absolute atomic E-state index is 12.2. The van der Waals surface area contributed by atoms with E-state index in [1.165, 1.54) is 18.5 Å². The number of hydrogen-bond donors (Lipinski definition) is 1. The number of alkyl halides is 3. The summed E-state index contributed by atoms with van der Waals surface area (Å²) in [7, 11) is 0. The van der Waals surface area contributed by atoms with Gasteiger partial charge in [-0.2, -0.15) is 13.2 Å². The Labute approximate surface area is 153 Å². The van der Waals surface area contributed by atoms with E-state index in [1.807, 2.05) is 0 Å². The van der Waals surface area contributed by atoms with Gasteiger partial charge in [0.25, 0.3) is 0 Å². The average Bonchev–Trinajstić information content (AvgIpc) is 3.07. The van der Waals surface area contributed by atoms with Gasteiger partial charge in [0.15, 0.2) is 0 Å². The number of aromatic carboxylic acids is 1. The Morgan fingerprint density at radius 3 is 2.08 bits per heavy atom. The predicted octanol–water partition coefficient (Wildman–Crippen LogP) is 2.90. The fourth-order valence-corrected chi connectivity index (χ4v) is 1.56. The monoisotopic (exact) mass is 528 g/mol. The topological polar surface area (TPSA) is 90.1 Å². The molecule has 0 unspecified atom stereocenters. The van der Waals surface area contributed by atoms with Crippen molar-refractivity contribution in [2.24, 2.45) is 0 Å². The number of carboxylic acid groups (broad SMARTS) is 1. The van der Waals surface area contributed by atoms with Gasteiger partial charge in [0.2, 0.25) is 0 Å². The smallest absolute Gasteiger partial charge is 0.431 e. The van der Waals surface area contributed by atoms with Gasteiger partial charge < -0.3 is 15.3 Å². The molecule has 0 spiro atoms. The number of rotatable bonds is 2. The number of nitrogens with zero attached hydrogens (tertiary/aromatic N) is 4. The molecule has 0 saturated carbocycles. The van der Waals surface area contributed by atoms with Crippen LogP contribution in [0.4, 0.5) is 13.2 Å². The minimum atomic E-state index is -4.46. The summed E-state index contributed by atoms with van der Waals surface area (Å²) < 4.78 is 36.6. The first kappa shape index (κ1) is 20.5. The van der Waals surface area contributed by atoms with E-state index >= 15 is 0 Å². The second-order valence-corrected chi connectivity index (χ2v) is 4.35. The molecular weight excluding hydrogens is 517 g/mol. The van der Waals surface area contributed by atoms with E-state index in [-0.39, 0.29) is 31.5 Å². The van der Waals surface area contributed by atoms with Gasteiger partial charge in [0, 0.05) is 38.2 Å². The van der Waals surface area contributed by atoms with Crippen LogP contribution in [0.5, 0.6) is 0 Å². The maximum Gasteiger partial charge on any atom is 0.431 e. The molecule has 0 aliphatic carbocycles. The number of carbonyl (C=O) groups is 1. The molecule has 0 saturated heterocycles. The Morgan fingerprint density at radius 1 is 1.04 bits per heavy atom. The molecule has 25 heavy (non-hydrogen) atoms. The normalized spacial score (nSPS) is 10.2. The molecule has 0 fully saturated rings. The second-order valence-electron chi connectivity index (χ2n) is 4.35. The zero-order chi connectivity index (χ0) is 17.6. The second kappa shape index (κ2) is 9.05. The Balaban J connectivity index is 0.000000270. The Kier molecular flexibility index (Phi) is 7.41. The first-order chi connectivity index (χ1) is 11.4. The van der Waals surface area contributed by atoms with Crippen molar-refractivity contribution in [1.82, 2.24) is 20.2 Å². The molecule has 0 aromatic carbocycles. The molecule has 0 aliphatic rings. The quantitative estimate of drug-likeness (QED) is 0.552. The SMILES string of the molecule is FC(F)(F)c1cc(-c2ccccn2)[n-]n1.O=C(O)c1ccccn1.[Ir]. The third-order valence-corrected chi connectivity index (χ3v) is 2.64. The molecule has 133 valence electrons. The van der Waals surface area contributed by atoms with Gasteiger partial charge in [-0.05, 0) is 30.3 Å². The molecule has 3 heterocycles. The van der Waals surface area contributed by atoms with Crippen LogP contribution < -0.4 is 5.10 Å². The zero-order valence-electron chi connectivity index (χ0n) is 12.3. The van der Waals surface area contributed by atoms with Crippen LogP contribution in [0, 0.1) is 0 Å². The molecule has 3 aromatic rings. The van der Waals surface area contributed by atoms with Gasteiger partial charge in [-0.3, -0.25) is 4.98 Å². The standard InChI is InChI=1S/C9H5F3N3.C6H5NO2.Ir/c10-9(11,12)8-5-7(14-15-8)6-3-1-2-4-13-6;8-6(9)5-3-1-2-4-7-5;/h1-5H;1-4H,(H,8,9);/q-1;;. The molecule has 0 bridgehead atoms. The van der Waals surface area contributed by atoms with E-state index in [0.717, 1.165) is 6.07 Å². The maximum atomic E-state index is 12.2. The van der Waals surface area contributed by atoms with Crippen LogP contribution in [0.2, 0.25) is 0 Å². The van der Waals surface area contributed by atoms with Crippen molar-refractivity contribution in [3.05, 3.63) is 66.2 Å². The van der Waals surface area contributed by atoms with E-state index in [4.69, 9.17) is 5.11 Å². The molecule has 0 atom stereocenters. The first-order valence-corrected chi connectivity index (χ1v) is 6.51. The van der Waals surface area contributed by atoms with E-state index < -0.39 is 17.8 Å². The van der Waals surface area contributed by atoms with Crippen LogP contribution in [0.3, 0.4) is 0 Å². The Bertz CT molecular complexity index is 795. The van der Waals surface area contributed by atoms with Gasteiger partial charge in [-0.25, -0.2) is 9.78 Å². The minimum Gasteiger partial charge on any atom is -0.573 e. The molecule has 6 nitrogen and oxygen atoms in total. The summed E-state index contributed by atoms with van der Waals surface area (Å²) in [6.45, 7) is 0. The molecule has 1 N–H and O–H groups in total. The molecular formula is C15H10F3IrN4O2-. The van der Waals surface area contributed by atoms with Crippen LogP contribution in [-0.2, 0) is 26.3 Å². The Hall–Kier alpha value is -2.58. The van der Waals surface area contributed by atoms with Gasteiger partial charge in [0.1, 0.15) is 11.4 Å². The van der Waals surface area contributed by atoms with Crippen molar-refractivity contribution in [2.45, 2.75) is 6.18 Å². The van der Waals surface area contributed by atoms with E-state index in [9.17, 15) is 18.0 Å². The Morgan fingerprint density at radius 2 is 1.68 bits per heavy atom. The summed E-state index contributed by atoms with van der Waals surface area (Å²) in [5, 5.41) is 14.8. The van der Waals surface area contributed by atoms with Crippen LogP contribution in [-0.4, -0.2) is 26.1 Å². The van der Waals surface area contributed by atoms with Gasteiger partial charge >= 0.3 is 12.1 Å². The van der Waals surface area contributed by atoms with Crippen LogP contribution in [0.1, 0.15) is 16.2 Å². The van der Waals surface area contributed by atoms with E-state index in [0.29, 0.717) is 5.69 Å². The molecule has 3 rings (SSSR count). The number of pyridine rings is 2. The van der Waals surface area contributed by atoms with Crippen molar-refractivity contribution in [1.29, 1.82) is 0 Å². The third-order valence-electron chi connectivity index (χ3n) is 2.64. The van der Waals surface area contributed by atoms with Gasteiger partial charge in [0.05, 0.1) is 0 Å². The van der Waals surface area contributed by atoms with Crippen LogP contribution in [0.15, 0.2) is 54.9 Å². The van der Waals surface area contributed by atoms with Gasteiger partial charge in [-0.1, -0.05) is 17.8 Å². The molecule has 1 radical (unpaired) electrons. The summed E-state index contributed by atoms with van der Waals surface area (Å²) in [6.07, 6.45) is -1.53. The summed E-state index contributed by atoms with van der Waals surface area (Å²) in [4.78, 5) is 17.6. The van der Waals surface area contributed by atoms with Crippen molar-refractivity contribution in [3.63, 3.8) is 0 Å². The number of carboxylic acids is 1. The summed E-state index contributed by atoms with van der Waals surface area (Å²) in [5.74, 6) is -0.990. The van der Waals surface area contributed by atoms with Crippen molar-refractivity contribution in [2.75, 3.05) is 0 Å². The largest absolute Gasteiger partial charge is 0.573 e. The number of hydrogen-bond acceptors (Lipinski definition) is 4. The zero-order valence-corrected chi connectivity index (χ0v) is 14.7. The van der Waals surface area contributed by atoms with Crippen LogP contribution in [0.25, 0.3) is 11.4 Å². The summed E-state index contributed by atoms with van der Waals surface area (Å²) in [5.41, 5.74) is -0.413. The van der Waals surface area contributed by atoms with Crippen molar-refractivity contribution < 1.29 is 43.2 Å². The first-order valence-electron chi connectivity index (χ1n) is 6.51. The molecule has 0 aliphatic heterocycles.